The second-order valence-corrected chi connectivity index (χ2v) is 7.24. The van der Waals surface area contributed by atoms with E-state index in [0.717, 1.165) is 24.6 Å². The normalized spacial score (nSPS) is 22.8. The first-order valence-corrected chi connectivity index (χ1v) is 8.94. The van der Waals surface area contributed by atoms with Crippen molar-refractivity contribution in [3.63, 3.8) is 0 Å². The smallest absolute Gasteiger partial charge is 0.293 e. The highest BCUT2D eigenvalue weighted by atomic mass is 32.2. The van der Waals surface area contributed by atoms with Gasteiger partial charge in [0.25, 0.3) is 11.1 Å². The minimum absolute atomic E-state index is 0.0573. The summed E-state index contributed by atoms with van der Waals surface area (Å²) in [6, 6.07) is 6.76. The topological polar surface area (TPSA) is 57.6 Å². The maximum absolute atomic E-state index is 12.7. The molecule has 2 fully saturated rings. The average Bonchev–Trinajstić information content (AvgIpc) is 2.84. The number of thioether (sulfide) groups is 1. The van der Waals surface area contributed by atoms with Gasteiger partial charge in [0.05, 0.1) is 4.91 Å². The van der Waals surface area contributed by atoms with Gasteiger partial charge in [0.15, 0.2) is 0 Å². The molecular formula is C18H21NO3S. The van der Waals surface area contributed by atoms with Gasteiger partial charge in [-0.3, -0.25) is 14.5 Å². The van der Waals surface area contributed by atoms with Crippen molar-refractivity contribution in [2.24, 2.45) is 5.92 Å². The molecule has 23 heavy (non-hydrogen) atoms. The summed E-state index contributed by atoms with van der Waals surface area (Å²) in [7, 11) is 0. The van der Waals surface area contributed by atoms with Gasteiger partial charge in [-0.2, -0.15) is 0 Å². The third-order valence-corrected chi connectivity index (χ3v) is 5.67. The number of amides is 2. The maximum atomic E-state index is 12.7. The highest BCUT2D eigenvalue weighted by Gasteiger charge is 2.40. The molecule has 2 amide bonds. The minimum atomic E-state index is -0.235. The molecule has 1 aromatic rings. The van der Waals surface area contributed by atoms with E-state index in [1.54, 1.807) is 30.3 Å². The molecule has 5 heteroatoms. The first kappa shape index (κ1) is 16.1. The van der Waals surface area contributed by atoms with Crippen LogP contribution >= 0.6 is 11.8 Å². The molecule has 1 saturated heterocycles. The fourth-order valence-electron chi connectivity index (χ4n) is 3.41. The first-order chi connectivity index (χ1) is 11.1. The predicted molar refractivity (Wildman–Crippen MR) is 92.0 cm³/mol. The Hall–Kier alpha value is -1.75. The monoisotopic (exact) mass is 331 g/mol. The van der Waals surface area contributed by atoms with Gasteiger partial charge in [0.1, 0.15) is 5.75 Å². The number of imide groups is 1. The second-order valence-electron chi connectivity index (χ2n) is 6.25. The number of aromatic hydroxyl groups is 1. The Morgan fingerprint density at radius 3 is 2.61 bits per heavy atom. The number of hydrogen-bond donors (Lipinski definition) is 1. The number of carbonyl (C=O) groups is 2. The van der Waals surface area contributed by atoms with E-state index in [0.29, 0.717) is 16.4 Å². The Kier molecular flexibility index (Phi) is 4.76. The predicted octanol–water partition coefficient (Wildman–Crippen LogP) is 4.40. The van der Waals surface area contributed by atoms with E-state index in [4.69, 9.17) is 0 Å². The molecule has 4 nitrogen and oxygen atoms in total. The molecule has 1 N–H and O–H groups in total. The number of rotatable bonds is 3. The molecule has 2 aliphatic rings. The number of phenols is 1. The second kappa shape index (κ2) is 6.79. The van der Waals surface area contributed by atoms with E-state index in [9.17, 15) is 14.7 Å². The molecule has 122 valence electrons. The fraction of sp³-hybridized carbons (Fsp3) is 0.444. The van der Waals surface area contributed by atoms with Crippen LogP contribution in [0.25, 0.3) is 6.08 Å². The van der Waals surface area contributed by atoms with E-state index in [1.165, 1.54) is 24.2 Å². The summed E-state index contributed by atoms with van der Waals surface area (Å²) in [4.78, 5) is 26.8. The van der Waals surface area contributed by atoms with Crippen LogP contribution in [-0.4, -0.2) is 27.2 Å². The summed E-state index contributed by atoms with van der Waals surface area (Å²) < 4.78 is 0. The van der Waals surface area contributed by atoms with Gasteiger partial charge in [0, 0.05) is 11.6 Å². The van der Waals surface area contributed by atoms with Crippen molar-refractivity contribution in [2.45, 2.75) is 45.1 Å². The van der Waals surface area contributed by atoms with Crippen molar-refractivity contribution in [2.75, 3.05) is 0 Å². The van der Waals surface area contributed by atoms with Gasteiger partial charge < -0.3 is 5.11 Å². The zero-order chi connectivity index (χ0) is 16.4. The minimum Gasteiger partial charge on any atom is -0.507 e. The van der Waals surface area contributed by atoms with Crippen LogP contribution in [0.2, 0.25) is 0 Å². The molecule has 1 aliphatic heterocycles. The van der Waals surface area contributed by atoms with Crippen molar-refractivity contribution in [3.05, 3.63) is 34.7 Å². The molecule has 1 unspecified atom stereocenters. The van der Waals surface area contributed by atoms with Crippen molar-refractivity contribution in [1.29, 1.82) is 0 Å². The Morgan fingerprint density at radius 2 is 1.91 bits per heavy atom. The third kappa shape index (κ3) is 3.29. The van der Waals surface area contributed by atoms with Crippen LogP contribution in [0.3, 0.4) is 0 Å². The van der Waals surface area contributed by atoms with Crippen molar-refractivity contribution < 1.29 is 14.7 Å². The Labute approximate surface area is 140 Å². The van der Waals surface area contributed by atoms with Crippen molar-refractivity contribution in [1.82, 2.24) is 4.90 Å². The van der Waals surface area contributed by atoms with Crippen molar-refractivity contribution >= 4 is 29.0 Å². The van der Waals surface area contributed by atoms with E-state index in [-0.39, 0.29) is 22.9 Å². The number of benzene rings is 1. The van der Waals surface area contributed by atoms with Crippen LogP contribution in [-0.2, 0) is 4.79 Å². The van der Waals surface area contributed by atoms with Gasteiger partial charge in [-0.25, -0.2) is 0 Å². The van der Waals surface area contributed by atoms with Crippen LogP contribution in [0.1, 0.15) is 44.6 Å². The SMILES string of the molecule is CC(C1CCCCC1)N1C(=O)SC(=Cc2ccccc2O)C1=O. The van der Waals surface area contributed by atoms with E-state index in [2.05, 4.69) is 0 Å². The maximum Gasteiger partial charge on any atom is 0.293 e. The molecule has 1 heterocycles. The lowest BCUT2D eigenvalue weighted by Gasteiger charge is -2.32. The van der Waals surface area contributed by atoms with Gasteiger partial charge >= 0.3 is 0 Å². The first-order valence-electron chi connectivity index (χ1n) is 8.13. The summed E-state index contributed by atoms with van der Waals surface area (Å²) in [6.07, 6.45) is 7.38. The standard InChI is InChI=1S/C18H21NO3S/c1-12(13-7-3-2-4-8-13)19-17(21)16(23-18(19)22)11-14-9-5-6-10-15(14)20/h5-6,9-13,20H,2-4,7-8H2,1H3. The van der Waals surface area contributed by atoms with Crippen LogP contribution < -0.4 is 0 Å². The third-order valence-electron chi connectivity index (χ3n) is 4.79. The fourth-order valence-corrected chi connectivity index (χ4v) is 4.32. The number of carbonyl (C=O) groups excluding carboxylic acids is 2. The molecule has 0 aromatic heterocycles. The lowest BCUT2D eigenvalue weighted by atomic mass is 9.84. The van der Waals surface area contributed by atoms with E-state index >= 15 is 0 Å². The van der Waals surface area contributed by atoms with Gasteiger partial charge in [-0.15, -0.1) is 0 Å². The van der Waals surface area contributed by atoms with Crippen LogP contribution in [0.5, 0.6) is 5.75 Å². The molecule has 1 atom stereocenters. The quantitative estimate of drug-likeness (QED) is 0.834. The molecule has 1 saturated carbocycles. The Morgan fingerprint density at radius 1 is 1.22 bits per heavy atom. The molecule has 0 bridgehead atoms. The molecule has 1 aromatic carbocycles. The van der Waals surface area contributed by atoms with E-state index < -0.39 is 0 Å². The largest absolute Gasteiger partial charge is 0.507 e. The highest BCUT2D eigenvalue weighted by molar-refractivity contribution is 8.18. The number of nitrogens with zero attached hydrogens (tertiary/aromatic N) is 1. The zero-order valence-electron chi connectivity index (χ0n) is 13.2. The average molecular weight is 331 g/mol. The zero-order valence-corrected chi connectivity index (χ0v) is 14.0. The highest BCUT2D eigenvalue weighted by Crippen LogP contribution is 2.38. The number of phenolic OH excluding ortho intramolecular Hbond substituents is 1. The molecule has 0 spiro atoms. The number of hydrogen-bond acceptors (Lipinski definition) is 4. The molecular weight excluding hydrogens is 310 g/mol. The lowest BCUT2D eigenvalue weighted by molar-refractivity contribution is -0.125. The summed E-state index contributed by atoms with van der Waals surface area (Å²) in [5, 5.41) is 9.64. The molecule has 0 radical (unpaired) electrons. The summed E-state index contributed by atoms with van der Waals surface area (Å²) in [5.74, 6) is 0.280. The summed E-state index contributed by atoms with van der Waals surface area (Å²) in [5.41, 5.74) is 0.559. The van der Waals surface area contributed by atoms with Gasteiger partial charge in [-0.1, -0.05) is 37.5 Å². The Balaban J connectivity index is 1.81. The number of para-hydroxylation sites is 1. The van der Waals surface area contributed by atoms with Crippen LogP contribution in [0.4, 0.5) is 4.79 Å². The summed E-state index contributed by atoms with van der Waals surface area (Å²) >= 11 is 0.965. The van der Waals surface area contributed by atoms with Crippen LogP contribution in [0.15, 0.2) is 29.2 Å². The molecule has 3 rings (SSSR count). The Bertz CT molecular complexity index is 649. The van der Waals surface area contributed by atoms with Crippen molar-refractivity contribution in [3.8, 4) is 5.75 Å². The van der Waals surface area contributed by atoms with Gasteiger partial charge in [0.2, 0.25) is 0 Å². The van der Waals surface area contributed by atoms with E-state index in [1.807, 2.05) is 6.92 Å². The summed E-state index contributed by atoms with van der Waals surface area (Å²) in [6.45, 7) is 1.98. The molecule has 1 aliphatic carbocycles. The van der Waals surface area contributed by atoms with Gasteiger partial charge in [-0.05, 0) is 49.6 Å². The lowest BCUT2D eigenvalue weighted by Crippen LogP contribution is -2.42. The van der Waals surface area contributed by atoms with Crippen LogP contribution in [0, 0.1) is 5.92 Å².